The highest BCUT2D eigenvalue weighted by atomic mass is 35.5. The minimum Gasteiger partial charge on any atom is -0.335 e. The number of aryl methyl sites for hydroxylation is 1. The van der Waals surface area contributed by atoms with Gasteiger partial charge in [-0.2, -0.15) is 0 Å². The second-order valence-corrected chi connectivity index (χ2v) is 6.93. The Hall–Kier alpha value is -2.59. The molecule has 0 saturated carbocycles. The van der Waals surface area contributed by atoms with Gasteiger partial charge in [0.2, 0.25) is 5.91 Å². The maximum atomic E-state index is 12.7. The van der Waals surface area contributed by atoms with Gasteiger partial charge >= 0.3 is 0 Å². The van der Waals surface area contributed by atoms with Crippen molar-refractivity contribution in [1.82, 2.24) is 14.5 Å². The zero-order valence-electron chi connectivity index (χ0n) is 15.5. The van der Waals surface area contributed by atoms with Gasteiger partial charge in [0.05, 0.1) is 6.54 Å². The molecule has 0 fully saturated rings. The average molecular weight is 382 g/mol. The van der Waals surface area contributed by atoms with Crippen LogP contribution >= 0.6 is 11.6 Å². The summed E-state index contributed by atoms with van der Waals surface area (Å²) in [4.78, 5) is 19.0. The molecule has 0 unspecified atom stereocenters. The predicted octanol–water partition coefficient (Wildman–Crippen LogP) is 4.57. The van der Waals surface area contributed by atoms with E-state index in [9.17, 15) is 4.79 Å². The highest BCUT2D eigenvalue weighted by molar-refractivity contribution is 6.30. The third-order valence-electron chi connectivity index (χ3n) is 4.58. The summed E-state index contributed by atoms with van der Waals surface area (Å²) in [6.07, 6.45) is 4.99. The summed E-state index contributed by atoms with van der Waals surface area (Å²) in [5.74, 6) is 1.03. The number of halogens is 1. The molecule has 0 radical (unpaired) electrons. The van der Waals surface area contributed by atoms with Crippen LogP contribution in [0.5, 0.6) is 0 Å². The van der Waals surface area contributed by atoms with Gasteiger partial charge < -0.3 is 9.47 Å². The number of hydrogen-bond acceptors (Lipinski definition) is 2. The van der Waals surface area contributed by atoms with E-state index in [0.29, 0.717) is 26.1 Å². The topological polar surface area (TPSA) is 38.1 Å². The molecule has 0 atom stereocenters. The largest absolute Gasteiger partial charge is 0.335 e. The van der Waals surface area contributed by atoms with Gasteiger partial charge in [-0.15, -0.1) is 0 Å². The molecule has 0 N–H and O–H groups in total. The predicted molar refractivity (Wildman–Crippen MR) is 109 cm³/mol. The van der Waals surface area contributed by atoms with E-state index in [2.05, 4.69) is 21.7 Å². The Morgan fingerprint density at radius 3 is 2.63 bits per heavy atom. The zero-order valence-corrected chi connectivity index (χ0v) is 16.3. The molecule has 27 heavy (non-hydrogen) atoms. The molecule has 3 rings (SSSR count). The second-order valence-electron chi connectivity index (χ2n) is 6.49. The van der Waals surface area contributed by atoms with Crippen LogP contribution in [0.2, 0.25) is 5.02 Å². The number of imidazole rings is 1. The fraction of sp³-hybridized carbons (Fsp3) is 0.273. The van der Waals surface area contributed by atoms with Gasteiger partial charge in [0.1, 0.15) is 5.82 Å². The van der Waals surface area contributed by atoms with E-state index in [0.717, 1.165) is 22.8 Å². The van der Waals surface area contributed by atoms with Crippen molar-refractivity contribution in [2.45, 2.75) is 32.9 Å². The molecule has 3 aromatic rings. The molecule has 4 nitrogen and oxygen atoms in total. The fourth-order valence-corrected chi connectivity index (χ4v) is 3.28. The van der Waals surface area contributed by atoms with Crippen LogP contribution in [0.25, 0.3) is 0 Å². The number of amides is 1. The Kier molecular flexibility index (Phi) is 6.66. The monoisotopic (exact) mass is 381 g/mol. The number of rotatable bonds is 8. The van der Waals surface area contributed by atoms with Crippen molar-refractivity contribution < 1.29 is 4.79 Å². The van der Waals surface area contributed by atoms with Gasteiger partial charge in [-0.25, -0.2) is 4.98 Å². The second kappa shape index (κ2) is 9.38. The lowest BCUT2D eigenvalue weighted by Crippen LogP contribution is -2.31. The molecular formula is C22H24ClN3O. The summed E-state index contributed by atoms with van der Waals surface area (Å²) >= 11 is 6.08. The first-order valence-corrected chi connectivity index (χ1v) is 9.59. The molecule has 0 aliphatic heterocycles. The first kappa shape index (κ1) is 19.2. The van der Waals surface area contributed by atoms with Gasteiger partial charge in [-0.05, 0) is 36.6 Å². The zero-order chi connectivity index (χ0) is 19.1. The van der Waals surface area contributed by atoms with Crippen LogP contribution < -0.4 is 0 Å². The molecule has 140 valence electrons. The molecule has 0 aliphatic carbocycles. The Morgan fingerprint density at radius 1 is 1.11 bits per heavy atom. The number of carbonyl (C=O) groups is 1. The lowest BCUT2D eigenvalue weighted by Gasteiger charge is -2.21. The summed E-state index contributed by atoms with van der Waals surface area (Å²) in [5.41, 5.74) is 2.30. The van der Waals surface area contributed by atoms with Gasteiger partial charge in [0.25, 0.3) is 0 Å². The normalized spacial score (nSPS) is 10.7. The third kappa shape index (κ3) is 5.44. The van der Waals surface area contributed by atoms with E-state index < -0.39 is 0 Å². The van der Waals surface area contributed by atoms with Gasteiger partial charge in [-0.1, -0.05) is 54.1 Å². The van der Waals surface area contributed by atoms with E-state index in [-0.39, 0.29) is 5.91 Å². The van der Waals surface area contributed by atoms with E-state index in [1.807, 2.05) is 60.5 Å². The van der Waals surface area contributed by atoms with E-state index in [4.69, 9.17) is 11.6 Å². The smallest absolute Gasteiger partial charge is 0.223 e. The van der Waals surface area contributed by atoms with E-state index >= 15 is 0 Å². The maximum Gasteiger partial charge on any atom is 0.223 e. The van der Waals surface area contributed by atoms with E-state index in [1.165, 1.54) is 5.56 Å². The summed E-state index contributed by atoms with van der Waals surface area (Å²) in [5, 5.41) is 0.723. The number of hydrogen-bond donors (Lipinski definition) is 0. The lowest BCUT2D eigenvalue weighted by atomic mass is 10.1. The van der Waals surface area contributed by atoms with E-state index in [1.54, 1.807) is 6.20 Å². The van der Waals surface area contributed by atoms with Crippen LogP contribution in [0.4, 0.5) is 0 Å². The molecule has 1 amide bonds. The highest BCUT2D eigenvalue weighted by Crippen LogP contribution is 2.14. The molecule has 1 aromatic heterocycles. The van der Waals surface area contributed by atoms with Crippen LogP contribution in [-0.4, -0.2) is 26.9 Å². The minimum atomic E-state index is 0.152. The Morgan fingerprint density at radius 2 is 1.89 bits per heavy atom. The van der Waals surface area contributed by atoms with Gasteiger partial charge in [0.15, 0.2) is 0 Å². The third-order valence-corrected chi connectivity index (χ3v) is 4.82. The average Bonchev–Trinajstić information content (AvgIpc) is 3.11. The van der Waals surface area contributed by atoms with Crippen molar-refractivity contribution in [3.05, 3.63) is 89.0 Å². The SMILES string of the molecule is CCN(Cc1nccn1Cc1cccc(Cl)c1)C(=O)CCc1ccccc1. The van der Waals surface area contributed by atoms with Crippen LogP contribution in [-0.2, 0) is 24.3 Å². The first-order chi connectivity index (χ1) is 13.2. The molecule has 0 spiro atoms. The van der Waals surface area contributed by atoms with Gasteiger partial charge in [0, 0.05) is 36.9 Å². The molecule has 2 aromatic carbocycles. The lowest BCUT2D eigenvalue weighted by molar-refractivity contribution is -0.131. The fourth-order valence-electron chi connectivity index (χ4n) is 3.07. The van der Waals surface area contributed by atoms with Crippen molar-refractivity contribution in [2.75, 3.05) is 6.54 Å². The molecule has 0 bridgehead atoms. The van der Waals surface area contributed by atoms with Crippen molar-refractivity contribution >= 4 is 17.5 Å². The summed E-state index contributed by atoms with van der Waals surface area (Å²) < 4.78 is 2.07. The molecule has 0 aliphatic rings. The van der Waals surface area contributed by atoms with Crippen LogP contribution in [0.3, 0.4) is 0 Å². The molecule has 1 heterocycles. The standard InChI is InChI=1S/C22H24ClN3O/c1-2-25(22(27)12-11-18-7-4-3-5-8-18)17-21-24-13-14-26(21)16-19-9-6-10-20(23)15-19/h3-10,13-15H,2,11-12,16-17H2,1H3. The highest BCUT2D eigenvalue weighted by Gasteiger charge is 2.15. The number of aromatic nitrogens is 2. The molecule has 0 saturated heterocycles. The van der Waals surface area contributed by atoms with Crippen molar-refractivity contribution in [3.63, 3.8) is 0 Å². The summed E-state index contributed by atoms with van der Waals surface area (Å²) in [7, 11) is 0. The van der Waals surface area contributed by atoms with Crippen LogP contribution in [0, 0.1) is 0 Å². The summed E-state index contributed by atoms with van der Waals surface area (Å²) in [6, 6.07) is 17.9. The Balaban J connectivity index is 1.63. The van der Waals surface area contributed by atoms with Gasteiger partial charge in [-0.3, -0.25) is 4.79 Å². The maximum absolute atomic E-state index is 12.7. The Bertz CT molecular complexity index is 876. The number of nitrogens with zero attached hydrogens (tertiary/aromatic N) is 3. The van der Waals surface area contributed by atoms with Crippen molar-refractivity contribution in [2.24, 2.45) is 0 Å². The first-order valence-electron chi connectivity index (χ1n) is 9.22. The summed E-state index contributed by atoms with van der Waals surface area (Å²) in [6.45, 7) is 3.87. The quantitative estimate of drug-likeness (QED) is 0.573. The Labute approximate surface area is 165 Å². The number of carbonyl (C=O) groups excluding carboxylic acids is 1. The van der Waals surface area contributed by atoms with Crippen LogP contribution in [0.1, 0.15) is 30.3 Å². The van der Waals surface area contributed by atoms with Crippen LogP contribution in [0.15, 0.2) is 67.0 Å². The minimum absolute atomic E-state index is 0.152. The van der Waals surface area contributed by atoms with Crippen molar-refractivity contribution in [3.8, 4) is 0 Å². The molecule has 5 heteroatoms. The molecular weight excluding hydrogens is 358 g/mol. The van der Waals surface area contributed by atoms with Crippen molar-refractivity contribution in [1.29, 1.82) is 0 Å². The number of benzene rings is 2.